The average molecular weight is 463 g/mol. The molecule has 7 heteroatoms. The summed E-state index contributed by atoms with van der Waals surface area (Å²) in [5, 5.41) is 3.18. The van der Waals surface area contributed by atoms with Crippen molar-refractivity contribution in [3.8, 4) is 11.1 Å². The van der Waals surface area contributed by atoms with E-state index in [4.69, 9.17) is 0 Å². The molecule has 4 aromatic heterocycles. The molecule has 5 heterocycles. The number of hydrogen-bond acceptors (Lipinski definition) is 6. The minimum absolute atomic E-state index is 0.0490. The summed E-state index contributed by atoms with van der Waals surface area (Å²) in [5.41, 5.74) is 4.46. The Morgan fingerprint density at radius 3 is 2.60 bits per heavy atom. The minimum Gasteiger partial charge on any atom is -0.354 e. The van der Waals surface area contributed by atoms with E-state index in [1.54, 1.807) is 12.3 Å². The van der Waals surface area contributed by atoms with E-state index >= 15 is 0 Å². The molecule has 0 aliphatic carbocycles. The minimum atomic E-state index is 0.0490. The molecule has 174 valence electrons. The SMILES string of the molecule is CN1CCN(c2cc(C(=O)Cc3cc4cc(-c5cnc6[nH]ccc6c5)ccc4cn3)ccn2)CC1. The van der Waals surface area contributed by atoms with Gasteiger partial charge < -0.3 is 14.8 Å². The first kappa shape index (κ1) is 21.4. The Hall–Kier alpha value is -4.10. The zero-order valence-corrected chi connectivity index (χ0v) is 19.6. The van der Waals surface area contributed by atoms with Gasteiger partial charge in [-0.05, 0) is 54.4 Å². The lowest BCUT2D eigenvalue weighted by molar-refractivity contribution is 0.0992. The van der Waals surface area contributed by atoms with Gasteiger partial charge in [0.2, 0.25) is 0 Å². The molecule has 7 nitrogen and oxygen atoms in total. The first-order chi connectivity index (χ1) is 17.1. The monoisotopic (exact) mass is 462 g/mol. The summed E-state index contributed by atoms with van der Waals surface area (Å²) in [5.74, 6) is 0.918. The van der Waals surface area contributed by atoms with Gasteiger partial charge in [-0.3, -0.25) is 9.78 Å². The van der Waals surface area contributed by atoms with E-state index in [0.29, 0.717) is 5.56 Å². The second kappa shape index (κ2) is 8.92. The maximum atomic E-state index is 13.1. The zero-order chi connectivity index (χ0) is 23.8. The second-order valence-corrected chi connectivity index (χ2v) is 9.17. The van der Waals surface area contributed by atoms with E-state index in [2.05, 4.69) is 61.0 Å². The van der Waals surface area contributed by atoms with E-state index in [1.807, 2.05) is 36.8 Å². The van der Waals surface area contributed by atoms with Gasteiger partial charge in [-0.2, -0.15) is 0 Å². The zero-order valence-electron chi connectivity index (χ0n) is 19.6. The lowest BCUT2D eigenvalue weighted by atomic mass is 10.0. The van der Waals surface area contributed by atoms with E-state index in [1.165, 1.54) is 0 Å². The van der Waals surface area contributed by atoms with Gasteiger partial charge in [0.1, 0.15) is 11.5 Å². The second-order valence-electron chi connectivity index (χ2n) is 9.17. The summed E-state index contributed by atoms with van der Waals surface area (Å²) in [4.78, 5) is 34.4. The number of carbonyl (C=O) groups is 1. The summed E-state index contributed by atoms with van der Waals surface area (Å²) < 4.78 is 0. The molecule has 0 spiro atoms. The van der Waals surface area contributed by atoms with Gasteiger partial charge in [-0.1, -0.05) is 12.1 Å². The highest BCUT2D eigenvalue weighted by Crippen LogP contribution is 2.26. The number of pyridine rings is 3. The molecule has 0 unspecified atom stereocenters. The third kappa shape index (κ3) is 4.38. The van der Waals surface area contributed by atoms with Crippen molar-refractivity contribution in [2.75, 3.05) is 38.1 Å². The number of ketones is 1. The fourth-order valence-corrected chi connectivity index (χ4v) is 4.63. The molecule has 35 heavy (non-hydrogen) atoms. The molecule has 0 atom stereocenters. The fourth-order valence-electron chi connectivity index (χ4n) is 4.63. The van der Waals surface area contributed by atoms with Crippen LogP contribution in [-0.4, -0.2) is 63.8 Å². The maximum absolute atomic E-state index is 13.1. The van der Waals surface area contributed by atoms with Crippen molar-refractivity contribution >= 4 is 33.4 Å². The van der Waals surface area contributed by atoms with Gasteiger partial charge in [0.15, 0.2) is 5.78 Å². The van der Waals surface area contributed by atoms with Crippen LogP contribution in [0.15, 0.2) is 73.3 Å². The van der Waals surface area contributed by atoms with Crippen LogP contribution in [0.2, 0.25) is 0 Å². The number of H-pyrrole nitrogens is 1. The van der Waals surface area contributed by atoms with E-state index < -0.39 is 0 Å². The van der Waals surface area contributed by atoms with Crippen molar-refractivity contribution in [2.24, 2.45) is 0 Å². The highest BCUT2D eigenvalue weighted by molar-refractivity contribution is 5.98. The van der Waals surface area contributed by atoms with Gasteiger partial charge >= 0.3 is 0 Å². The molecule has 0 amide bonds. The quantitative estimate of drug-likeness (QED) is 0.391. The van der Waals surface area contributed by atoms with Gasteiger partial charge in [0, 0.05) is 78.6 Å². The summed E-state index contributed by atoms with van der Waals surface area (Å²) in [6, 6.07) is 16.2. The van der Waals surface area contributed by atoms with Crippen LogP contribution in [0.25, 0.3) is 32.9 Å². The predicted octanol–water partition coefficient (Wildman–Crippen LogP) is 4.35. The van der Waals surface area contributed by atoms with E-state index in [9.17, 15) is 4.79 Å². The average Bonchev–Trinajstić information content (AvgIpc) is 3.37. The summed E-state index contributed by atoms with van der Waals surface area (Å²) in [6.07, 6.45) is 7.61. The fraction of sp³-hybridized carbons (Fsp3) is 0.214. The molecule has 1 saturated heterocycles. The van der Waals surface area contributed by atoms with E-state index in [0.717, 1.165) is 70.6 Å². The molecular weight excluding hydrogens is 436 g/mol. The Morgan fingerprint density at radius 2 is 1.71 bits per heavy atom. The van der Waals surface area contributed by atoms with Crippen LogP contribution < -0.4 is 4.90 Å². The highest BCUT2D eigenvalue weighted by Gasteiger charge is 2.17. The molecule has 0 bridgehead atoms. The lowest BCUT2D eigenvalue weighted by Gasteiger charge is -2.33. The normalized spacial score (nSPS) is 14.6. The molecule has 1 aliphatic heterocycles. The van der Waals surface area contributed by atoms with Crippen molar-refractivity contribution in [3.05, 3.63) is 84.6 Å². The molecule has 0 radical (unpaired) electrons. The van der Waals surface area contributed by atoms with Crippen molar-refractivity contribution in [3.63, 3.8) is 0 Å². The number of rotatable bonds is 5. The van der Waals surface area contributed by atoms with Crippen LogP contribution in [0.4, 0.5) is 5.82 Å². The Morgan fingerprint density at radius 1 is 0.857 bits per heavy atom. The summed E-state index contributed by atoms with van der Waals surface area (Å²) >= 11 is 0. The number of benzene rings is 1. The highest BCUT2D eigenvalue weighted by atomic mass is 16.1. The molecule has 6 rings (SSSR count). The summed E-state index contributed by atoms with van der Waals surface area (Å²) in [7, 11) is 2.13. The number of Topliss-reactive ketones (excluding diaryl/α,β-unsaturated/α-hetero) is 1. The molecule has 1 aliphatic rings. The Kier molecular flexibility index (Phi) is 5.47. The van der Waals surface area contributed by atoms with Gasteiger partial charge in [-0.25, -0.2) is 9.97 Å². The molecule has 1 fully saturated rings. The Balaban J connectivity index is 1.24. The van der Waals surface area contributed by atoms with Crippen molar-refractivity contribution < 1.29 is 4.79 Å². The molecule has 1 aromatic carbocycles. The number of likely N-dealkylation sites (N-methyl/N-ethyl adjacent to an activating group) is 1. The number of aromatic nitrogens is 4. The van der Waals surface area contributed by atoms with Crippen LogP contribution in [-0.2, 0) is 6.42 Å². The third-order valence-electron chi connectivity index (χ3n) is 6.75. The topological polar surface area (TPSA) is 78.0 Å². The lowest BCUT2D eigenvalue weighted by Crippen LogP contribution is -2.44. The smallest absolute Gasteiger partial charge is 0.169 e. The van der Waals surface area contributed by atoms with Crippen LogP contribution in [0, 0.1) is 0 Å². The number of carbonyl (C=O) groups excluding carboxylic acids is 1. The predicted molar refractivity (Wildman–Crippen MR) is 139 cm³/mol. The number of hydrogen-bond donors (Lipinski definition) is 1. The van der Waals surface area contributed by atoms with Gasteiger partial charge in [0.25, 0.3) is 0 Å². The number of nitrogens with one attached hydrogen (secondary N) is 1. The number of nitrogens with zero attached hydrogens (tertiary/aromatic N) is 5. The standard InChI is InChI=1S/C28H26N6O/c1-33-8-10-34(11-9-33)27-15-20(4-6-29-27)26(35)16-25-14-23-12-19(2-3-22(23)17-31-25)24-13-21-5-7-30-28(21)32-18-24/h2-7,12-15,17-18H,8-11,16H2,1H3,(H,30,32). The van der Waals surface area contributed by atoms with Gasteiger partial charge in [-0.15, -0.1) is 0 Å². The Bertz CT molecular complexity index is 1530. The molecule has 5 aromatic rings. The largest absolute Gasteiger partial charge is 0.354 e. The molecule has 1 N–H and O–H groups in total. The number of fused-ring (bicyclic) bond motifs is 2. The Labute approximate surface area is 203 Å². The van der Waals surface area contributed by atoms with Crippen LogP contribution in [0.1, 0.15) is 16.1 Å². The van der Waals surface area contributed by atoms with Crippen molar-refractivity contribution in [1.82, 2.24) is 24.8 Å². The number of piperazine rings is 1. The first-order valence-electron chi connectivity index (χ1n) is 11.9. The third-order valence-corrected chi connectivity index (χ3v) is 6.75. The maximum Gasteiger partial charge on any atom is 0.169 e. The number of anilines is 1. The molecular formula is C28H26N6O. The van der Waals surface area contributed by atoms with Crippen molar-refractivity contribution in [1.29, 1.82) is 0 Å². The molecule has 0 saturated carbocycles. The van der Waals surface area contributed by atoms with Crippen LogP contribution >= 0.6 is 0 Å². The summed E-state index contributed by atoms with van der Waals surface area (Å²) in [6.45, 7) is 3.83. The number of aromatic amines is 1. The first-order valence-corrected chi connectivity index (χ1v) is 11.9. The van der Waals surface area contributed by atoms with Gasteiger partial charge in [0.05, 0.1) is 6.42 Å². The van der Waals surface area contributed by atoms with Crippen molar-refractivity contribution in [2.45, 2.75) is 6.42 Å². The van der Waals surface area contributed by atoms with Crippen LogP contribution in [0.5, 0.6) is 0 Å². The van der Waals surface area contributed by atoms with Crippen LogP contribution in [0.3, 0.4) is 0 Å². The van der Waals surface area contributed by atoms with E-state index in [-0.39, 0.29) is 12.2 Å².